The Bertz CT molecular complexity index is 613. The van der Waals surface area contributed by atoms with Crippen molar-refractivity contribution >= 4 is 11.9 Å². The number of hydrogen-bond donors (Lipinski definition) is 3. The first-order valence-corrected chi connectivity index (χ1v) is 6.72. The summed E-state index contributed by atoms with van der Waals surface area (Å²) in [5.41, 5.74) is 3.44. The average Bonchev–Trinajstić information content (AvgIpc) is 2.78. The number of ether oxygens (including phenoxy) is 1. The van der Waals surface area contributed by atoms with Gasteiger partial charge in [-0.25, -0.2) is 5.84 Å². The fraction of sp³-hybridized carbons (Fsp3) is 0.462. The molecule has 8 nitrogen and oxygen atoms in total. The summed E-state index contributed by atoms with van der Waals surface area (Å²) in [7, 11) is 0. The molecule has 0 aliphatic rings. The molecule has 1 atom stereocenters. The Balaban J connectivity index is 2.21. The van der Waals surface area contributed by atoms with Crippen LogP contribution < -0.4 is 21.3 Å². The van der Waals surface area contributed by atoms with Crippen LogP contribution in [0.25, 0.3) is 0 Å². The van der Waals surface area contributed by atoms with Gasteiger partial charge in [-0.2, -0.15) is 15.0 Å². The third kappa shape index (κ3) is 3.60. The standard InChI is InChI=1S/C13H20N6O2/c1-5-20-13-17-11(16-12(18-13)19-14)15-8(3)10-6-7(2)21-9(10)4/h6,8H,5,14H2,1-4H3,(H2,15,16,17,18,19). The molecule has 114 valence electrons. The van der Waals surface area contributed by atoms with E-state index in [0.29, 0.717) is 12.6 Å². The second kappa shape index (κ2) is 6.40. The summed E-state index contributed by atoms with van der Waals surface area (Å²) in [5, 5.41) is 3.19. The van der Waals surface area contributed by atoms with Gasteiger partial charge in [-0.3, -0.25) is 5.43 Å². The monoisotopic (exact) mass is 292 g/mol. The zero-order chi connectivity index (χ0) is 15.4. The predicted octanol–water partition coefficient (Wildman–Crippen LogP) is 1.94. The number of furan rings is 1. The van der Waals surface area contributed by atoms with Crippen LogP contribution in [0.1, 0.15) is 37.0 Å². The molecule has 0 saturated heterocycles. The average molecular weight is 292 g/mol. The SMILES string of the molecule is CCOc1nc(NN)nc(NC(C)c2cc(C)oc2C)n1. The number of hydrazine groups is 1. The van der Waals surface area contributed by atoms with Gasteiger partial charge < -0.3 is 14.5 Å². The Morgan fingerprint density at radius 2 is 2.00 bits per heavy atom. The molecule has 0 bridgehead atoms. The highest BCUT2D eigenvalue weighted by Gasteiger charge is 2.15. The van der Waals surface area contributed by atoms with Crippen LogP contribution in [-0.4, -0.2) is 21.6 Å². The van der Waals surface area contributed by atoms with E-state index in [1.54, 1.807) is 0 Å². The molecule has 2 aromatic heterocycles. The third-order valence-electron chi connectivity index (χ3n) is 2.91. The number of nitrogens with zero attached hydrogens (tertiary/aromatic N) is 3. The Labute approximate surface area is 123 Å². The van der Waals surface area contributed by atoms with E-state index < -0.39 is 0 Å². The van der Waals surface area contributed by atoms with Crippen LogP contribution in [0.3, 0.4) is 0 Å². The summed E-state index contributed by atoms with van der Waals surface area (Å²) < 4.78 is 10.8. The number of aromatic nitrogens is 3. The molecule has 0 saturated carbocycles. The summed E-state index contributed by atoms with van der Waals surface area (Å²) in [5.74, 6) is 7.70. The highest BCUT2D eigenvalue weighted by Crippen LogP contribution is 2.24. The summed E-state index contributed by atoms with van der Waals surface area (Å²) in [4.78, 5) is 12.4. The van der Waals surface area contributed by atoms with Gasteiger partial charge in [-0.15, -0.1) is 0 Å². The maximum absolute atomic E-state index is 5.53. The maximum Gasteiger partial charge on any atom is 0.323 e. The second-order valence-corrected chi connectivity index (χ2v) is 4.58. The zero-order valence-electron chi connectivity index (χ0n) is 12.6. The number of aryl methyl sites for hydroxylation is 2. The number of nitrogen functional groups attached to an aromatic ring is 1. The lowest BCUT2D eigenvalue weighted by atomic mass is 10.1. The smallest absolute Gasteiger partial charge is 0.323 e. The van der Waals surface area contributed by atoms with Crippen molar-refractivity contribution in [3.05, 3.63) is 23.2 Å². The van der Waals surface area contributed by atoms with Gasteiger partial charge in [0.05, 0.1) is 12.6 Å². The molecular weight excluding hydrogens is 272 g/mol. The van der Waals surface area contributed by atoms with Gasteiger partial charge >= 0.3 is 6.01 Å². The number of hydrogen-bond acceptors (Lipinski definition) is 8. The van der Waals surface area contributed by atoms with E-state index in [4.69, 9.17) is 15.0 Å². The minimum absolute atomic E-state index is 0.0232. The second-order valence-electron chi connectivity index (χ2n) is 4.58. The van der Waals surface area contributed by atoms with Crippen molar-refractivity contribution in [3.8, 4) is 6.01 Å². The fourth-order valence-corrected chi connectivity index (χ4v) is 2.03. The molecule has 2 aromatic rings. The molecular formula is C13H20N6O2. The van der Waals surface area contributed by atoms with Crippen molar-refractivity contribution < 1.29 is 9.15 Å². The van der Waals surface area contributed by atoms with E-state index in [1.165, 1.54) is 0 Å². The van der Waals surface area contributed by atoms with Crippen molar-refractivity contribution in [2.24, 2.45) is 5.84 Å². The van der Waals surface area contributed by atoms with Gasteiger partial charge in [-0.1, -0.05) is 0 Å². The van der Waals surface area contributed by atoms with Crippen molar-refractivity contribution in [2.45, 2.75) is 33.7 Å². The molecule has 0 radical (unpaired) electrons. The summed E-state index contributed by atoms with van der Waals surface area (Å²) in [6.45, 7) is 8.15. The van der Waals surface area contributed by atoms with Gasteiger partial charge in [0.25, 0.3) is 0 Å². The molecule has 2 heterocycles. The van der Waals surface area contributed by atoms with Gasteiger partial charge in [0.2, 0.25) is 11.9 Å². The first-order valence-electron chi connectivity index (χ1n) is 6.72. The fourth-order valence-electron chi connectivity index (χ4n) is 2.03. The van der Waals surface area contributed by atoms with Gasteiger partial charge in [0.1, 0.15) is 11.5 Å². The number of anilines is 2. The molecule has 0 spiro atoms. The topological polar surface area (TPSA) is 111 Å². The zero-order valence-corrected chi connectivity index (χ0v) is 12.6. The van der Waals surface area contributed by atoms with Gasteiger partial charge in [0, 0.05) is 5.56 Å². The van der Waals surface area contributed by atoms with Crippen molar-refractivity contribution in [3.63, 3.8) is 0 Å². The molecule has 1 unspecified atom stereocenters. The Morgan fingerprint density at radius 3 is 2.57 bits per heavy atom. The first kappa shape index (κ1) is 15.0. The third-order valence-corrected chi connectivity index (χ3v) is 2.91. The Kier molecular flexibility index (Phi) is 4.59. The lowest BCUT2D eigenvalue weighted by Gasteiger charge is -2.14. The van der Waals surface area contributed by atoms with E-state index >= 15 is 0 Å². The van der Waals surface area contributed by atoms with Crippen molar-refractivity contribution in [1.82, 2.24) is 15.0 Å². The number of nitrogens with two attached hydrogens (primary N) is 1. The molecule has 21 heavy (non-hydrogen) atoms. The van der Waals surface area contributed by atoms with E-state index in [2.05, 4.69) is 25.7 Å². The van der Waals surface area contributed by atoms with E-state index in [9.17, 15) is 0 Å². The van der Waals surface area contributed by atoms with Crippen molar-refractivity contribution in [2.75, 3.05) is 17.3 Å². The van der Waals surface area contributed by atoms with Crippen LogP contribution in [0.15, 0.2) is 10.5 Å². The molecule has 0 fully saturated rings. The van der Waals surface area contributed by atoms with Crippen LogP contribution in [0.5, 0.6) is 6.01 Å². The highest BCUT2D eigenvalue weighted by atomic mass is 16.5. The van der Waals surface area contributed by atoms with Crippen LogP contribution in [0, 0.1) is 13.8 Å². The Morgan fingerprint density at radius 1 is 1.29 bits per heavy atom. The molecule has 8 heteroatoms. The Hall–Kier alpha value is -2.35. The van der Waals surface area contributed by atoms with E-state index in [-0.39, 0.29) is 18.0 Å². The van der Waals surface area contributed by atoms with Gasteiger partial charge in [-0.05, 0) is 33.8 Å². The molecule has 0 aliphatic carbocycles. The van der Waals surface area contributed by atoms with E-state index in [1.807, 2.05) is 33.8 Å². The van der Waals surface area contributed by atoms with Crippen molar-refractivity contribution in [1.29, 1.82) is 0 Å². The van der Waals surface area contributed by atoms with Crippen LogP contribution >= 0.6 is 0 Å². The maximum atomic E-state index is 5.53. The summed E-state index contributed by atoms with van der Waals surface area (Å²) >= 11 is 0. The lowest BCUT2D eigenvalue weighted by Crippen LogP contribution is -2.16. The van der Waals surface area contributed by atoms with Crippen LogP contribution in [0.2, 0.25) is 0 Å². The minimum Gasteiger partial charge on any atom is -0.466 e. The van der Waals surface area contributed by atoms with E-state index in [0.717, 1.165) is 17.1 Å². The molecule has 4 N–H and O–H groups in total. The molecule has 0 aromatic carbocycles. The molecule has 0 aliphatic heterocycles. The number of nitrogens with one attached hydrogen (secondary N) is 2. The quantitative estimate of drug-likeness (QED) is 0.547. The summed E-state index contributed by atoms with van der Waals surface area (Å²) in [6.07, 6.45) is 0. The van der Waals surface area contributed by atoms with Crippen LogP contribution in [-0.2, 0) is 0 Å². The highest BCUT2D eigenvalue weighted by molar-refractivity contribution is 5.38. The number of rotatable bonds is 6. The first-order chi connectivity index (χ1) is 10.0. The lowest BCUT2D eigenvalue weighted by molar-refractivity contribution is 0.312. The largest absolute Gasteiger partial charge is 0.466 e. The predicted molar refractivity (Wildman–Crippen MR) is 79.0 cm³/mol. The minimum atomic E-state index is -0.0232. The van der Waals surface area contributed by atoms with Crippen LogP contribution in [0.4, 0.5) is 11.9 Å². The van der Waals surface area contributed by atoms with Gasteiger partial charge in [0.15, 0.2) is 0 Å². The normalized spacial score (nSPS) is 12.0. The molecule has 0 amide bonds. The molecule has 2 rings (SSSR count). The summed E-state index contributed by atoms with van der Waals surface area (Å²) in [6, 6.07) is 2.18.